The summed E-state index contributed by atoms with van der Waals surface area (Å²) >= 11 is 3.31. The van der Waals surface area contributed by atoms with Crippen LogP contribution >= 0.6 is 15.9 Å². The molecule has 1 aromatic heterocycles. The van der Waals surface area contributed by atoms with Crippen LogP contribution in [-0.2, 0) is 0 Å². The number of aromatic nitrogens is 2. The molecule has 0 aromatic carbocycles. The highest BCUT2D eigenvalue weighted by molar-refractivity contribution is 9.10. The van der Waals surface area contributed by atoms with Crippen molar-refractivity contribution in [1.29, 1.82) is 0 Å². The second kappa shape index (κ2) is 5.14. The lowest BCUT2D eigenvalue weighted by Crippen LogP contribution is -2.14. The van der Waals surface area contributed by atoms with E-state index in [4.69, 9.17) is 4.74 Å². The number of unbranched alkanes of at least 4 members (excludes halogenated alkanes) is 1. The van der Waals surface area contributed by atoms with Gasteiger partial charge in [-0.25, -0.2) is 4.79 Å². The predicted molar refractivity (Wildman–Crippen MR) is 57.7 cm³/mol. The van der Waals surface area contributed by atoms with E-state index in [1.807, 2.05) is 0 Å². The van der Waals surface area contributed by atoms with Gasteiger partial charge in [-0.3, -0.25) is 0 Å². The zero-order valence-electron chi connectivity index (χ0n) is 8.26. The Morgan fingerprint density at radius 3 is 2.93 bits per heavy atom. The molecule has 0 amide bonds. The van der Waals surface area contributed by atoms with Gasteiger partial charge in [-0.1, -0.05) is 13.3 Å². The molecule has 0 aliphatic heterocycles. The number of aromatic amines is 1. The molecule has 0 fully saturated rings. The van der Waals surface area contributed by atoms with E-state index in [9.17, 15) is 4.79 Å². The Bertz CT molecular complexity index is 362. The van der Waals surface area contributed by atoms with Crippen molar-refractivity contribution in [2.75, 3.05) is 6.61 Å². The molecule has 0 saturated heterocycles. The van der Waals surface area contributed by atoms with Crippen molar-refractivity contribution < 1.29 is 4.74 Å². The second-order valence-electron chi connectivity index (χ2n) is 2.99. The van der Waals surface area contributed by atoms with Gasteiger partial charge < -0.3 is 9.72 Å². The van der Waals surface area contributed by atoms with E-state index >= 15 is 0 Å². The number of hydrogen-bond donors (Lipinski definition) is 1. The standard InChI is InChI=1S/C9H13BrN2O2/c1-3-4-5-14-8-7(10)6(2)11-9(13)12-8/h3-5H2,1-2H3,(H,11,12,13). The van der Waals surface area contributed by atoms with Gasteiger partial charge in [0.25, 0.3) is 0 Å². The van der Waals surface area contributed by atoms with Crippen molar-refractivity contribution in [3.8, 4) is 5.88 Å². The van der Waals surface area contributed by atoms with Crippen molar-refractivity contribution in [3.05, 3.63) is 20.7 Å². The molecule has 1 rings (SSSR count). The molecule has 0 atom stereocenters. The number of nitrogens with zero attached hydrogens (tertiary/aromatic N) is 1. The van der Waals surface area contributed by atoms with Gasteiger partial charge in [0.15, 0.2) is 0 Å². The number of ether oxygens (including phenoxy) is 1. The van der Waals surface area contributed by atoms with Crippen molar-refractivity contribution >= 4 is 15.9 Å². The van der Waals surface area contributed by atoms with Crippen molar-refractivity contribution in [3.63, 3.8) is 0 Å². The largest absolute Gasteiger partial charge is 0.477 e. The maximum absolute atomic E-state index is 11.0. The molecule has 0 aliphatic rings. The van der Waals surface area contributed by atoms with E-state index in [1.165, 1.54) is 0 Å². The maximum Gasteiger partial charge on any atom is 0.348 e. The Hall–Kier alpha value is -0.840. The third-order valence-electron chi connectivity index (χ3n) is 1.75. The molecular formula is C9H13BrN2O2. The van der Waals surface area contributed by atoms with Crippen LogP contribution in [0.15, 0.2) is 9.27 Å². The average molecular weight is 261 g/mol. The second-order valence-corrected chi connectivity index (χ2v) is 3.78. The van der Waals surface area contributed by atoms with Crippen LogP contribution in [0.2, 0.25) is 0 Å². The summed E-state index contributed by atoms with van der Waals surface area (Å²) in [5.74, 6) is 0.375. The summed E-state index contributed by atoms with van der Waals surface area (Å²) in [5, 5.41) is 0. The lowest BCUT2D eigenvalue weighted by molar-refractivity contribution is 0.294. The van der Waals surface area contributed by atoms with Crippen LogP contribution in [0.5, 0.6) is 5.88 Å². The summed E-state index contributed by atoms with van der Waals surface area (Å²) < 4.78 is 6.08. The molecule has 0 aliphatic carbocycles. The first-order valence-electron chi connectivity index (χ1n) is 4.54. The molecule has 1 aromatic rings. The highest BCUT2D eigenvalue weighted by Gasteiger charge is 2.07. The Labute approximate surface area is 90.8 Å². The van der Waals surface area contributed by atoms with Gasteiger partial charge in [0.1, 0.15) is 0 Å². The lowest BCUT2D eigenvalue weighted by Gasteiger charge is -2.06. The van der Waals surface area contributed by atoms with Crippen molar-refractivity contribution in [2.24, 2.45) is 0 Å². The minimum atomic E-state index is -0.378. The average Bonchev–Trinajstić information content (AvgIpc) is 2.13. The Kier molecular flexibility index (Phi) is 4.13. The maximum atomic E-state index is 11.0. The Morgan fingerprint density at radius 1 is 1.57 bits per heavy atom. The Morgan fingerprint density at radius 2 is 2.29 bits per heavy atom. The fourth-order valence-electron chi connectivity index (χ4n) is 0.954. The van der Waals surface area contributed by atoms with E-state index in [0.717, 1.165) is 18.5 Å². The van der Waals surface area contributed by atoms with E-state index in [1.54, 1.807) is 6.92 Å². The van der Waals surface area contributed by atoms with Crippen LogP contribution in [0.3, 0.4) is 0 Å². The van der Waals surface area contributed by atoms with Crippen molar-refractivity contribution in [2.45, 2.75) is 26.7 Å². The van der Waals surface area contributed by atoms with Gasteiger partial charge in [0.05, 0.1) is 11.1 Å². The van der Waals surface area contributed by atoms with Crippen LogP contribution in [0.4, 0.5) is 0 Å². The zero-order valence-corrected chi connectivity index (χ0v) is 9.85. The number of H-pyrrole nitrogens is 1. The van der Waals surface area contributed by atoms with Gasteiger partial charge in [0.2, 0.25) is 5.88 Å². The van der Waals surface area contributed by atoms with E-state index in [0.29, 0.717) is 17.0 Å². The van der Waals surface area contributed by atoms with Gasteiger partial charge in [0, 0.05) is 5.69 Å². The fourth-order valence-corrected chi connectivity index (χ4v) is 1.26. The number of hydrogen-bond acceptors (Lipinski definition) is 3. The van der Waals surface area contributed by atoms with Crippen LogP contribution in [0, 0.1) is 6.92 Å². The third kappa shape index (κ3) is 2.83. The summed E-state index contributed by atoms with van der Waals surface area (Å²) in [6, 6.07) is 0. The normalized spacial score (nSPS) is 10.2. The molecule has 0 spiro atoms. The lowest BCUT2D eigenvalue weighted by atomic mass is 10.4. The SMILES string of the molecule is CCCCOc1nc(=O)[nH]c(C)c1Br. The van der Waals surface area contributed by atoms with E-state index in [2.05, 4.69) is 32.8 Å². The highest BCUT2D eigenvalue weighted by Crippen LogP contribution is 2.22. The first-order valence-corrected chi connectivity index (χ1v) is 5.33. The van der Waals surface area contributed by atoms with Crippen LogP contribution < -0.4 is 10.4 Å². The molecule has 5 heteroatoms. The first kappa shape index (κ1) is 11.2. The fraction of sp³-hybridized carbons (Fsp3) is 0.556. The minimum Gasteiger partial charge on any atom is -0.477 e. The van der Waals surface area contributed by atoms with Crippen molar-refractivity contribution in [1.82, 2.24) is 9.97 Å². The van der Waals surface area contributed by atoms with Gasteiger partial charge >= 0.3 is 5.69 Å². The van der Waals surface area contributed by atoms with E-state index < -0.39 is 0 Å². The van der Waals surface area contributed by atoms with Crippen LogP contribution in [0.1, 0.15) is 25.5 Å². The molecule has 1 N–H and O–H groups in total. The zero-order chi connectivity index (χ0) is 10.6. The number of rotatable bonds is 4. The first-order chi connectivity index (χ1) is 6.65. The molecule has 14 heavy (non-hydrogen) atoms. The molecule has 0 bridgehead atoms. The van der Waals surface area contributed by atoms with E-state index in [-0.39, 0.29) is 5.69 Å². The molecular weight excluding hydrogens is 248 g/mol. The highest BCUT2D eigenvalue weighted by atomic mass is 79.9. The molecule has 0 radical (unpaired) electrons. The minimum absolute atomic E-state index is 0.375. The van der Waals surface area contributed by atoms with Crippen LogP contribution in [0.25, 0.3) is 0 Å². The van der Waals surface area contributed by atoms with Crippen LogP contribution in [-0.4, -0.2) is 16.6 Å². The van der Waals surface area contributed by atoms with Gasteiger partial charge in [-0.15, -0.1) is 0 Å². The quantitative estimate of drug-likeness (QED) is 0.843. The molecule has 0 saturated carbocycles. The molecule has 0 unspecified atom stereocenters. The smallest absolute Gasteiger partial charge is 0.348 e. The predicted octanol–water partition coefficient (Wildman–Crippen LogP) is 2.02. The molecule has 78 valence electrons. The number of halogens is 1. The number of nitrogens with one attached hydrogen (secondary N) is 1. The van der Waals surface area contributed by atoms with Gasteiger partial charge in [-0.2, -0.15) is 4.98 Å². The molecule has 1 heterocycles. The third-order valence-corrected chi connectivity index (χ3v) is 2.69. The monoisotopic (exact) mass is 260 g/mol. The summed E-state index contributed by atoms with van der Waals surface area (Å²) in [6.07, 6.45) is 2.01. The topological polar surface area (TPSA) is 55.0 Å². The summed E-state index contributed by atoms with van der Waals surface area (Å²) in [6.45, 7) is 4.46. The Balaban J connectivity index is 2.80. The number of aryl methyl sites for hydroxylation is 1. The molecule has 4 nitrogen and oxygen atoms in total. The van der Waals surface area contributed by atoms with Gasteiger partial charge in [-0.05, 0) is 29.3 Å². The summed E-state index contributed by atoms with van der Waals surface area (Å²) in [7, 11) is 0. The summed E-state index contributed by atoms with van der Waals surface area (Å²) in [5.41, 5.74) is 0.355. The summed E-state index contributed by atoms with van der Waals surface area (Å²) in [4.78, 5) is 17.3.